The number of imidazole rings is 1. The van der Waals surface area contributed by atoms with Gasteiger partial charge in [0.2, 0.25) is 0 Å². The van der Waals surface area contributed by atoms with Crippen molar-refractivity contribution in [3.63, 3.8) is 0 Å². The maximum Gasteiger partial charge on any atom is 0.335 e. The van der Waals surface area contributed by atoms with Crippen molar-refractivity contribution in [2.75, 3.05) is 6.61 Å². The summed E-state index contributed by atoms with van der Waals surface area (Å²) < 4.78 is 7.40. The van der Waals surface area contributed by atoms with Crippen LogP contribution in [0.25, 0.3) is 6.08 Å². The first-order chi connectivity index (χ1) is 15.5. The Bertz CT molecular complexity index is 1070. The van der Waals surface area contributed by atoms with E-state index in [0.29, 0.717) is 25.1 Å². The zero-order valence-corrected chi connectivity index (χ0v) is 19.2. The number of carboxylic acids is 1. The number of thiophene rings is 1. The smallest absolute Gasteiger partial charge is 0.335 e. The van der Waals surface area contributed by atoms with Crippen LogP contribution in [-0.2, 0) is 28.9 Å². The molecule has 0 amide bonds. The van der Waals surface area contributed by atoms with E-state index in [2.05, 4.69) is 16.5 Å². The van der Waals surface area contributed by atoms with Crippen LogP contribution in [0.2, 0.25) is 0 Å². The van der Waals surface area contributed by atoms with E-state index in [-0.39, 0.29) is 11.5 Å². The number of hydrogen-bond donors (Lipinski definition) is 1. The van der Waals surface area contributed by atoms with E-state index < -0.39 is 5.97 Å². The number of unbranched alkanes of at least 4 members (excludes halogenated alkanes) is 1. The monoisotopic (exact) mass is 452 g/mol. The Morgan fingerprint density at radius 1 is 1.19 bits per heavy atom. The molecule has 0 spiro atoms. The van der Waals surface area contributed by atoms with Gasteiger partial charge in [-0.25, -0.2) is 14.6 Å². The fraction of sp³-hybridized carbons (Fsp3) is 0.320. The Morgan fingerprint density at radius 2 is 1.97 bits per heavy atom. The highest BCUT2D eigenvalue weighted by Crippen LogP contribution is 2.20. The van der Waals surface area contributed by atoms with Gasteiger partial charge in [-0.2, -0.15) is 0 Å². The molecule has 3 aromatic rings. The third-order valence-corrected chi connectivity index (χ3v) is 5.95. The molecule has 0 aliphatic heterocycles. The molecule has 0 bridgehead atoms. The second-order valence-electron chi connectivity index (χ2n) is 7.44. The van der Waals surface area contributed by atoms with Crippen molar-refractivity contribution in [1.29, 1.82) is 0 Å². The number of carboxylic acid groups (broad SMARTS) is 1. The molecule has 32 heavy (non-hydrogen) atoms. The van der Waals surface area contributed by atoms with Crippen LogP contribution in [0.5, 0.6) is 0 Å². The van der Waals surface area contributed by atoms with Gasteiger partial charge < -0.3 is 14.4 Å². The second kappa shape index (κ2) is 11.4. The first-order valence-electron chi connectivity index (χ1n) is 10.8. The van der Waals surface area contributed by atoms with Crippen molar-refractivity contribution in [2.24, 2.45) is 0 Å². The Kier molecular flexibility index (Phi) is 8.39. The number of aromatic carboxylic acids is 1. The highest BCUT2D eigenvalue weighted by Gasteiger charge is 2.16. The second-order valence-corrected chi connectivity index (χ2v) is 8.47. The van der Waals surface area contributed by atoms with Gasteiger partial charge in [0, 0.05) is 29.8 Å². The summed E-state index contributed by atoms with van der Waals surface area (Å²) in [4.78, 5) is 29.5. The summed E-state index contributed by atoms with van der Waals surface area (Å²) in [5.74, 6) is -0.326. The van der Waals surface area contributed by atoms with Gasteiger partial charge in [0.05, 0.1) is 24.1 Å². The summed E-state index contributed by atoms with van der Waals surface area (Å²) in [6.07, 6.45) is 7.06. The van der Waals surface area contributed by atoms with Crippen molar-refractivity contribution in [3.8, 4) is 0 Å². The standard InChI is InChI=1S/C25H28N2O4S/c1-3-5-8-23-26-16-21(27(23)17-18-9-11-19(12-10-18)24(28)29)14-20(25(30)31-4-2)15-22-7-6-13-32-22/h6-7,9-14,16H,3-5,8,15,17H2,1-2H3,(H,28,29)/b20-14+. The summed E-state index contributed by atoms with van der Waals surface area (Å²) in [6, 6.07) is 10.8. The molecule has 0 aliphatic rings. The van der Waals surface area contributed by atoms with E-state index in [0.717, 1.165) is 41.2 Å². The topological polar surface area (TPSA) is 81.4 Å². The van der Waals surface area contributed by atoms with Crippen LogP contribution in [0.3, 0.4) is 0 Å². The number of aromatic nitrogens is 2. The Balaban J connectivity index is 1.96. The van der Waals surface area contributed by atoms with Crippen LogP contribution in [0.1, 0.15) is 59.0 Å². The van der Waals surface area contributed by atoms with E-state index >= 15 is 0 Å². The molecule has 6 nitrogen and oxygen atoms in total. The molecule has 0 unspecified atom stereocenters. The molecule has 1 aromatic carbocycles. The van der Waals surface area contributed by atoms with E-state index in [1.807, 2.05) is 35.7 Å². The van der Waals surface area contributed by atoms with Gasteiger partial charge in [0.25, 0.3) is 0 Å². The molecular weight excluding hydrogens is 424 g/mol. The molecule has 3 rings (SSSR count). The molecule has 2 heterocycles. The normalized spacial score (nSPS) is 11.5. The summed E-state index contributed by atoms with van der Waals surface area (Å²) >= 11 is 1.61. The predicted molar refractivity (Wildman–Crippen MR) is 126 cm³/mol. The lowest BCUT2D eigenvalue weighted by atomic mass is 10.1. The van der Waals surface area contributed by atoms with Gasteiger partial charge >= 0.3 is 11.9 Å². The van der Waals surface area contributed by atoms with Gasteiger partial charge in [-0.1, -0.05) is 31.5 Å². The van der Waals surface area contributed by atoms with Crippen LogP contribution in [0, 0.1) is 0 Å². The van der Waals surface area contributed by atoms with Crippen molar-refractivity contribution >= 4 is 29.4 Å². The highest BCUT2D eigenvalue weighted by atomic mass is 32.1. The zero-order valence-electron chi connectivity index (χ0n) is 18.4. The van der Waals surface area contributed by atoms with Gasteiger partial charge in [0.15, 0.2) is 0 Å². The summed E-state index contributed by atoms with van der Waals surface area (Å²) in [5.41, 5.74) is 2.64. The Hall–Kier alpha value is -3.19. The summed E-state index contributed by atoms with van der Waals surface area (Å²) in [6.45, 7) is 4.80. The van der Waals surface area contributed by atoms with Crippen molar-refractivity contribution < 1.29 is 19.4 Å². The third kappa shape index (κ3) is 6.17. The maximum atomic E-state index is 12.7. The number of nitrogens with zero attached hydrogens (tertiary/aromatic N) is 2. The lowest BCUT2D eigenvalue weighted by molar-refractivity contribution is -0.138. The Morgan fingerprint density at radius 3 is 2.59 bits per heavy atom. The molecule has 2 aromatic heterocycles. The van der Waals surface area contributed by atoms with Gasteiger partial charge in [0.1, 0.15) is 5.82 Å². The first-order valence-corrected chi connectivity index (χ1v) is 11.7. The van der Waals surface area contributed by atoms with Crippen LogP contribution in [0.4, 0.5) is 0 Å². The van der Waals surface area contributed by atoms with E-state index in [4.69, 9.17) is 9.84 Å². The van der Waals surface area contributed by atoms with Crippen molar-refractivity contribution in [1.82, 2.24) is 9.55 Å². The third-order valence-electron chi connectivity index (χ3n) is 5.07. The molecule has 7 heteroatoms. The van der Waals surface area contributed by atoms with Crippen LogP contribution >= 0.6 is 11.3 Å². The first kappa shape index (κ1) is 23.5. The van der Waals surface area contributed by atoms with Gasteiger partial charge in [-0.3, -0.25) is 0 Å². The molecular formula is C25H28N2O4S. The van der Waals surface area contributed by atoms with Crippen LogP contribution < -0.4 is 0 Å². The lowest BCUT2D eigenvalue weighted by Crippen LogP contribution is -2.11. The Labute approximate surface area is 192 Å². The van der Waals surface area contributed by atoms with Crippen LogP contribution in [0.15, 0.2) is 53.5 Å². The number of ether oxygens (including phenoxy) is 1. The van der Waals surface area contributed by atoms with Gasteiger partial charge in [-0.15, -0.1) is 11.3 Å². The molecule has 0 atom stereocenters. The zero-order chi connectivity index (χ0) is 22.9. The van der Waals surface area contributed by atoms with E-state index in [1.165, 1.54) is 0 Å². The maximum absolute atomic E-state index is 12.7. The molecule has 0 saturated carbocycles. The fourth-order valence-corrected chi connectivity index (χ4v) is 4.11. The largest absolute Gasteiger partial charge is 0.478 e. The van der Waals surface area contributed by atoms with Gasteiger partial charge in [-0.05, 0) is 48.6 Å². The average Bonchev–Trinajstić information content (AvgIpc) is 3.43. The van der Waals surface area contributed by atoms with Crippen molar-refractivity contribution in [3.05, 3.63) is 81.1 Å². The molecule has 168 valence electrons. The number of benzene rings is 1. The quantitative estimate of drug-likeness (QED) is 0.318. The molecule has 0 radical (unpaired) electrons. The van der Waals surface area contributed by atoms with Crippen LogP contribution in [-0.4, -0.2) is 33.2 Å². The molecule has 1 N–H and O–H groups in total. The lowest BCUT2D eigenvalue weighted by Gasteiger charge is -2.12. The number of carbonyl (C=O) groups is 2. The van der Waals surface area contributed by atoms with E-state index in [9.17, 15) is 9.59 Å². The van der Waals surface area contributed by atoms with Crippen molar-refractivity contribution in [2.45, 2.75) is 46.1 Å². The number of carbonyl (C=O) groups excluding carboxylic acids is 1. The van der Waals surface area contributed by atoms with E-state index in [1.54, 1.807) is 36.6 Å². The minimum absolute atomic E-state index is 0.256. The number of hydrogen-bond acceptors (Lipinski definition) is 5. The minimum Gasteiger partial charge on any atom is -0.478 e. The highest BCUT2D eigenvalue weighted by molar-refractivity contribution is 7.09. The number of aryl methyl sites for hydroxylation is 1. The predicted octanol–water partition coefficient (Wildman–Crippen LogP) is 5.22. The number of esters is 1. The molecule has 0 fully saturated rings. The molecule has 0 saturated heterocycles. The molecule has 0 aliphatic carbocycles. The minimum atomic E-state index is -0.945. The fourth-order valence-electron chi connectivity index (χ4n) is 3.38. The number of rotatable bonds is 11. The summed E-state index contributed by atoms with van der Waals surface area (Å²) in [5, 5.41) is 11.1. The SMILES string of the molecule is CCCCc1ncc(/C=C(\Cc2cccs2)C(=O)OCC)n1Cc1ccc(C(=O)O)cc1. The summed E-state index contributed by atoms with van der Waals surface area (Å²) in [7, 11) is 0. The average molecular weight is 453 g/mol.